The largest absolute Gasteiger partial charge is 0.437 e. The molecular weight excluding hydrogens is 341 g/mol. The van der Waals surface area contributed by atoms with Gasteiger partial charge in [0, 0.05) is 3.57 Å². The predicted molar refractivity (Wildman–Crippen MR) is 78.4 cm³/mol. The number of hydrogen-bond donors (Lipinski definition) is 0. The molecule has 0 bridgehead atoms. The van der Waals surface area contributed by atoms with Crippen LogP contribution >= 0.6 is 22.6 Å². The first-order chi connectivity index (χ1) is 8.75. The first-order valence-electron chi connectivity index (χ1n) is 5.40. The highest BCUT2D eigenvalue weighted by Crippen LogP contribution is 2.24. The molecule has 0 radical (unpaired) electrons. The molecule has 0 atom stereocenters. The Morgan fingerprint density at radius 3 is 2.56 bits per heavy atom. The highest BCUT2D eigenvalue weighted by Gasteiger charge is 2.10. The van der Waals surface area contributed by atoms with Crippen molar-refractivity contribution in [3.05, 3.63) is 62.5 Å². The predicted octanol–water partition coefficient (Wildman–Crippen LogP) is 3.46. The van der Waals surface area contributed by atoms with Crippen LogP contribution in [0.1, 0.15) is 0 Å². The minimum atomic E-state index is -0.258. The fraction of sp³-hybridized carbons (Fsp3) is 0. The maximum Gasteiger partial charge on any atom is 0.284 e. The van der Waals surface area contributed by atoms with Crippen molar-refractivity contribution in [3.8, 4) is 11.5 Å². The second-order valence-corrected chi connectivity index (χ2v) is 4.96. The zero-order valence-corrected chi connectivity index (χ0v) is 11.4. The monoisotopic (exact) mass is 349 g/mol. The molecule has 0 aliphatic rings. The first-order valence-corrected chi connectivity index (χ1v) is 6.48. The van der Waals surface area contributed by atoms with E-state index in [1.165, 1.54) is 0 Å². The minimum absolute atomic E-state index is 0.258. The summed E-state index contributed by atoms with van der Waals surface area (Å²) in [6.45, 7) is 0. The maximum absolute atomic E-state index is 11.9. The van der Waals surface area contributed by atoms with Crippen molar-refractivity contribution < 1.29 is 4.42 Å². The first kappa shape index (κ1) is 11.4. The van der Waals surface area contributed by atoms with E-state index < -0.39 is 0 Å². The van der Waals surface area contributed by atoms with E-state index in [0.29, 0.717) is 16.9 Å². The third-order valence-corrected chi connectivity index (χ3v) is 3.57. The Labute approximate surface area is 117 Å². The lowest BCUT2D eigenvalue weighted by molar-refractivity contribution is 0.594. The highest BCUT2D eigenvalue weighted by atomic mass is 127. The molecular formula is C14H8INO2. The van der Waals surface area contributed by atoms with E-state index in [1.54, 1.807) is 18.2 Å². The molecule has 0 fully saturated rings. The van der Waals surface area contributed by atoms with Gasteiger partial charge in [-0.25, -0.2) is 0 Å². The van der Waals surface area contributed by atoms with E-state index in [-0.39, 0.29) is 5.56 Å². The number of aromatic nitrogens is 1. The molecule has 0 saturated heterocycles. The number of benzene rings is 2. The van der Waals surface area contributed by atoms with E-state index in [0.717, 1.165) is 9.13 Å². The van der Waals surface area contributed by atoms with Gasteiger partial charge in [-0.1, -0.05) is 24.3 Å². The second kappa shape index (κ2) is 4.53. The van der Waals surface area contributed by atoms with Crippen molar-refractivity contribution in [1.82, 2.24) is 4.98 Å². The average molecular weight is 349 g/mol. The molecule has 3 rings (SSSR count). The molecule has 1 aromatic heterocycles. The summed E-state index contributed by atoms with van der Waals surface area (Å²) in [5.74, 6) is 0.365. The maximum atomic E-state index is 11.9. The van der Waals surface area contributed by atoms with Crippen LogP contribution in [0.15, 0.2) is 57.7 Å². The van der Waals surface area contributed by atoms with Crippen LogP contribution in [0.25, 0.3) is 22.4 Å². The van der Waals surface area contributed by atoms with Gasteiger partial charge in [0.25, 0.3) is 5.56 Å². The third-order valence-electron chi connectivity index (χ3n) is 2.63. The van der Waals surface area contributed by atoms with Gasteiger partial charge in [-0.3, -0.25) is 4.79 Å². The number of hydrogen-bond acceptors (Lipinski definition) is 3. The Balaban J connectivity index is 2.32. The molecule has 18 heavy (non-hydrogen) atoms. The molecule has 88 valence electrons. The van der Waals surface area contributed by atoms with Gasteiger partial charge in [0.15, 0.2) is 0 Å². The third kappa shape index (κ3) is 1.92. The van der Waals surface area contributed by atoms with Crippen LogP contribution in [0, 0.1) is 3.57 Å². The van der Waals surface area contributed by atoms with Gasteiger partial charge in [0.05, 0.1) is 10.9 Å². The van der Waals surface area contributed by atoms with E-state index in [9.17, 15) is 4.79 Å². The Bertz CT molecular complexity index is 780. The number of nitrogens with zero attached hydrogens (tertiary/aromatic N) is 1. The van der Waals surface area contributed by atoms with Crippen molar-refractivity contribution in [3.63, 3.8) is 0 Å². The summed E-state index contributed by atoms with van der Waals surface area (Å²) in [7, 11) is 0. The van der Waals surface area contributed by atoms with Crippen molar-refractivity contribution in [2.75, 3.05) is 0 Å². The number of rotatable bonds is 1. The van der Waals surface area contributed by atoms with E-state index in [1.807, 2.05) is 30.3 Å². The van der Waals surface area contributed by atoms with Crippen molar-refractivity contribution in [1.29, 1.82) is 0 Å². The molecule has 0 saturated carbocycles. The lowest BCUT2D eigenvalue weighted by atomic mass is 10.2. The van der Waals surface area contributed by atoms with Gasteiger partial charge >= 0.3 is 0 Å². The summed E-state index contributed by atoms with van der Waals surface area (Å²) in [5, 5.41) is 0.507. The Morgan fingerprint density at radius 1 is 1.00 bits per heavy atom. The number of fused-ring (bicyclic) bond motifs is 1. The minimum Gasteiger partial charge on any atom is -0.437 e. The zero-order chi connectivity index (χ0) is 12.5. The van der Waals surface area contributed by atoms with E-state index in [2.05, 4.69) is 27.6 Å². The summed E-state index contributed by atoms with van der Waals surface area (Å²) in [4.78, 5) is 15.9. The molecule has 4 heteroatoms. The van der Waals surface area contributed by atoms with Gasteiger partial charge in [-0.2, -0.15) is 4.98 Å². The van der Waals surface area contributed by atoms with Gasteiger partial charge < -0.3 is 4.42 Å². The van der Waals surface area contributed by atoms with Gasteiger partial charge in [-0.05, 0) is 46.9 Å². The molecule has 0 amide bonds. The summed E-state index contributed by atoms with van der Waals surface area (Å²) < 4.78 is 6.69. The lowest BCUT2D eigenvalue weighted by Gasteiger charge is -2.03. The molecule has 3 nitrogen and oxygen atoms in total. The van der Waals surface area contributed by atoms with Crippen LogP contribution in [0.2, 0.25) is 0 Å². The Morgan fingerprint density at radius 2 is 1.72 bits per heavy atom. The smallest absolute Gasteiger partial charge is 0.284 e. The molecule has 0 N–H and O–H groups in total. The molecule has 0 aliphatic carbocycles. The fourth-order valence-corrected chi connectivity index (χ4v) is 2.38. The van der Waals surface area contributed by atoms with Crippen LogP contribution in [-0.2, 0) is 0 Å². The van der Waals surface area contributed by atoms with Crippen molar-refractivity contribution in [2.45, 2.75) is 0 Å². The second-order valence-electron chi connectivity index (χ2n) is 3.80. The van der Waals surface area contributed by atoms with Gasteiger partial charge in [0.2, 0.25) is 5.89 Å². The highest BCUT2D eigenvalue weighted by molar-refractivity contribution is 14.1. The van der Waals surface area contributed by atoms with Crippen molar-refractivity contribution in [2.24, 2.45) is 0 Å². The zero-order valence-electron chi connectivity index (χ0n) is 9.26. The van der Waals surface area contributed by atoms with Crippen LogP contribution in [0.3, 0.4) is 0 Å². The van der Waals surface area contributed by atoms with Crippen molar-refractivity contribution >= 4 is 33.6 Å². The number of para-hydroxylation sites is 1. The molecule has 0 unspecified atom stereocenters. The van der Waals surface area contributed by atoms with Crippen LogP contribution in [-0.4, -0.2) is 4.98 Å². The molecule has 0 spiro atoms. The standard InChI is InChI=1S/C14H8INO2/c15-11-7-3-1-5-9(11)14-16-13(17)10-6-2-4-8-12(10)18-14/h1-8H. The SMILES string of the molecule is O=c1nc(-c2ccccc2I)oc2ccccc12. The quantitative estimate of drug-likeness (QED) is 0.632. The summed E-state index contributed by atoms with van der Waals surface area (Å²) in [6.07, 6.45) is 0. The molecule has 1 heterocycles. The molecule has 2 aromatic carbocycles. The van der Waals surface area contributed by atoms with Crippen LogP contribution < -0.4 is 5.56 Å². The normalized spacial score (nSPS) is 10.7. The summed E-state index contributed by atoms with van der Waals surface area (Å²) >= 11 is 2.20. The van der Waals surface area contributed by atoms with Crippen LogP contribution in [0.5, 0.6) is 0 Å². The van der Waals surface area contributed by atoms with E-state index >= 15 is 0 Å². The number of halogens is 1. The van der Waals surface area contributed by atoms with E-state index in [4.69, 9.17) is 4.42 Å². The average Bonchev–Trinajstić information content (AvgIpc) is 2.39. The Kier molecular flexibility index (Phi) is 2.87. The van der Waals surface area contributed by atoms with Gasteiger partial charge in [-0.15, -0.1) is 0 Å². The molecule has 3 aromatic rings. The summed E-state index contributed by atoms with van der Waals surface area (Å²) in [6, 6.07) is 14.8. The molecule has 0 aliphatic heterocycles. The Hall–Kier alpha value is -1.69. The fourth-order valence-electron chi connectivity index (χ4n) is 1.76. The summed E-state index contributed by atoms with van der Waals surface area (Å²) in [5.41, 5.74) is 1.14. The van der Waals surface area contributed by atoms with Crippen LogP contribution in [0.4, 0.5) is 0 Å². The van der Waals surface area contributed by atoms with Gasteiger partial charge in [0.1, 0.15) is 5.58 Å². The topological polar surface area (TPSA) is 43.1 Å². The lowest BCUT2D eigenvalue weighted by Crippen LogP contribution is -2.07.